The summed E-state index contributed by atoms with van der Waals surface area (Å²) in [5.74, 6) is 0.402. The second kappa shape index (κ2) is 5.42. The van der Waals surface area contributed by atoms with E-state index in [1.165, 1.54) is 5.01 Å². The van der Waals surface area contributed by atoms with E-state index >= 15 is 0 Å². The number of terminal acetylenes is 1. The summed E-state index contributed by atoms with van der Waals surface area (Å²) < 4.78 is 32.9. The van der Waals surface area contributed by atoms with Crippen LogP contribution >= 0.6 is 11.6 Å². The summed E-state index contributed by atoms with van der Waals surface area (Å²) in [6, 6.07) is 1.02. The molecule has 0 aliphatic carbocycles. The summed E-state index contributed by atoms with van der Waals surface area (Å²) in [5.41, 5.74) is 2.68. The zero-order valence-corrected chi connectivity index (χ0v) is 10.2. The number of hydrogen-bond donors (Lipinski definition) is 1. The van der Waals surface area contributed by atoms with E-state index in [0.717, 1.165) is 12.5 Å². The molecule has 18 heavy (non-hydrogen) atoms. The van der Waals surface area contributed by atoms with Gasteiger partial charge in [0.1, 0.15) is 12.3 Å². The number of nitrogens with one attached hydrogen (secondary N) is 1. The maximum atomic E-state index is 14.2. The van der Waals surface area contributed by atoms with Gasteiger partial charge in [0.2, 0.25) is 0 Å². The Bertz CT molecular complexity index is 496. The highest BCUT2D eigenvalue weighted by Crippen LogP contribution is 2.36. The molecule has 0 unspecified atom stereocenters. The lowest BCUT2D eigenvalue weighted by atomic mass is 10.2. The minimum Gasteiger partial charge on any atom is -0.476 e. The summed E-state index contributed by atoms with van der Waals surface area (Å²) in [6.45, 7) is 1.06. The number of anilines is 1. The Hall–Kier alpha value is -1.51. The predicted octanol–water partition coefficient (Wildman–Crippen LogP) is 2.34. The molecular weight excluding hydrogens is 262 g/mol. The number of ether oxygens (including phenoxy) is 1. The van der Waals surface area contributed by atoms with Crippen LogP contribution in [0.5, 0.6) is 5.75 Å². The van der Waals surface area contributed by atoms with Crippen molar-refractivity contribution in [2.45, 2.75) is 6.42 Å². The molecule has 1 N–H and O–H groups in total. The van der Waals surface area contributed by atoms with Crippen LogP contribution in [0.1, 0.15) is 6.42 Å². The minimum absolute atomic E-state index is 0.130. The fraction of sp³-hybridized carbons (Fsp3) is 0.333. The molecule has 0 bridgehead atoms. The van der Waals surface area contributed by atoms with Crippen LogP contribution in [0.4, 0.5) is 14.5 Å². The first-order valence-electron chi connectivity index (χ1n) is 5.40. The molecule has 6 heteroatoms. The molecule has 1 fully saturated rings. The second-order valence-electron chi connectivity index (χ2n) is 3.74. The van der Waals surface area contributed by atoms with Crippen LogP contribution in [0.15, 0.2) is 6.07 Å². The van der Waals surface area contributed by atoms with Gasteiger partial charge in [0.15, 0.2) is 17.4 Å². The summed E-state index contributed by atoms with van der Waals surface area (Å²) in [5, 5.41) is 1.27. The zero-order valence-electron chi connectivity index (χ0n) is 9.47. The quantitative estimate of drug-likeness (QED) is 0.855. The molecule has 3 nitrogen and oxygen atoms in total. The summed E-state index contributed by atoms with van der Waals surface area (Å²) in [6.07, 6.45) is 5.84. The monoisotopic (exact) mass is 272 g/mol. The average Bonchev–Trinajstić information content (AvgIpc) is 2.82. The van der Waals surface area contributed by atoms with Crippen molar-refractivity contribution in [1.29, 1.82) is 0 Å². The lowest BCUT2D eigenvalue weighted by Gasteiger charge is -2.21. The first-order valence-corrected chi connectivity index (χ1v) is 5.77. The van der Waals surface area contributed by atoms with Gasteiger partial charge in [-0.05, 0) is 12.5 Å². The smallest absolute Gasteiger partial charge is 0.194 e. The molecule has 2 rings (SSSR count). The topological polar surface area (TPSA) is 24.5 Å². The first kappa shape index (κ1) is 12.9. The molecule has 1 aliphatic rings. The Balaban J connectivity index is 2.42. The number of benzene rings is 1. The van der Waals surface area contributed by atoms with Gasteiger partial charge in [0.05, 0.1) is 5.02 Å². The minimum atomic E-state index is -0.843. The van der Waals surface area contributed by atoms with E-state index in [0.29, 0.717) is 13.1 Å². The van der Waals surface area contributed by atoms with Crippen molar-refractivity contribution in [3.05, 3.63) is 22.7 Å². The van der Waals surface area contributed by atoms with Gasteiger partial charge in [-0.3, -0.25) is 0 Å². The molecular formula is C12H11ClF2N2O. The van der Waals surface area contributed by atoms with Crippen LogP contribution in [0, 0.1) is 24.0 Å². The third kappa shape index (κ3) is 2.35. The first-order chi connectivity index (χ1) is 8.65. The number of nitrogens with zero attached hydrogens (tertiary/aromatic N) is 1. The Morgan fingerprint density at radius 1 is 1.56 bits per heavy atom. The van der Waals surface area contributed by atoms with E-state index < -0.39 is 11.6 Å². The molecule has 0 aromatic heterocycles. The number of hydrazine groups is 1. The molecule has 0 spiro atoms. The molecule has 0 amide bonds. The van der Waals surface area contributed by atoms with Gasteiger partial charge < -0.3 is 9.75 Å². The SMILES string of the molecule is C#CCOc1c(Cl)cc(F)c(N2CCCN2)c1F. The molecule has 1 heterocycles. The van der Waals surface area contributed by atoms with Crippen molar-refractivity contribution in [2.75, 3.05) is 24.7 Å². The highest BCUT2D eigenvalue weighted by Gasteiger charge is 2.25. The fourth-order valence-corrected chi connectivity index (χ4v) is 2.01. The molecule has 1 saturated heterocycles. The Morgan fingerprint density at radius 3 is 2.94 bits per heavy atom. The fourth-order valence-electron chi connectivity index (χ4n) is 1.78. The standard InChI is InChI=1S/C12H11ClF2N2O/c1-2-6-18-12-8(13)7-9(14)11(10(12)15)17-5-3-4-16-17/h1,7,16H,3-6H2. The van der Waals surface area contributed by atoms with Crippen LogP contribution in [0.25, 0.3) is 0 Å². The van der Waals surface area contributed by atoms with E-state index in [9.17, 15) is 8.78 Å². The summed E-state index contributed by atoms with van der Waals surface area (Å²) in [7, 11) is 0. The lowest BCUT2D eigenvalue weighted by Crippen LogP contribution is -2.32. The largest absolute Gasteiger partial charge is 0.476 e. The van der Waals surface area contributed by atoms with Crippen LogP contribution in [0.3, 0.4) is 0 Å². The van der Waals surface area contributed by atoms with Gasteiger partial charge in [0, 0.05) is 13.1 Å². The van der Waals surface area contributed by atoms with E-state index in [2.05, 4.69) is 11.3 Å². The van der Waals surface area contributed by atoms with Gasteiger partial charge in [-0.1, -0.05) is 17.5 Å². The number of halogens is 3. The lowest BCUT2D eigenvalue weighted by molar-refractivity contribution is 0.346. The average molecular weight is 273 g/mol. The van der Waals surface area contributed by atoms with Gasteiger partial charge in [-0.15, -0.1) is 6.42 Å². The van der Waals surface area contributed by atoms with Crippen molar-refractivity contribution >= 4 is 17.3 Å². The van der Waals surface area contributed by atoms with Crippen LogP contribution in [-0.4, -0.2) is 19.7 Å². The molecule has 0 radical (unpaired) electrons. The predicted molar refractivity (Wildman–Crippen MR) is 65.7 cm³/mol. The number of hydrogen-bond acceptors (Lipinski definition) is 3. The maximum Gasteiger partial charge on any atom is 0.194 e. The summed E-state index contributed by atoms with van der Waals surface area (Å²) >= 11 is 5.74. The van der Waals surface area contributed by atoms with Gasteiger partial charge >= 0.3 is 0 Å². The van der Waals surface area contributed by atoms with E-state index in [-0.39, 0.29) is 23.1 Å². The molecule has 1 aliphatic heterocycles. The van der Waals surface area contributed by atoms with Crippen molar-refractivity contribution in [3.63, 3.8) is 0 Å². The molecule has 96 valence electrons. The third-order valence-electron chi connectivity index (χ3n) is 2.53. The molecule has 0 saturated carbocycles. The highest BCUT2D eigenvalue weighted by atomic mass is 35.5. The van der Waals surface area contributed by atoms with Gasteiger partial charge in [-0.25, -0.2) is 14.2 Å². The van der Waals surface area contributed by atoms with Crippen LogP contribution in [-0.2, 0) is 0 Å². The zero-order chi connectivity index (χ0) is 13.1. The van der Waals surface area contributed by atoms with E-state index in [1.807, 2.05) is 0 Å². The third-order valence-corrected chi connectivity index (χ3v) is 2.82. The maximum absolute atomic E-state index is 14.2. The van der Waals surface area contributed by atoms with Crippen molar-refractivity contribution in [3.8, 4) is 18.1 Å². The van der Waals surface area contributed by atoms with E-state index in [4.69, 9.17) is 22.8 Å². The molecule has 1 aromatic carbocycles. The van der Waals surface area contributed by atoms with Crippen molar-refractivity contribution in [2.24, 2.45) is 0 Å². The van der Waals surface area contributed by atoms with Crippen molar-refractivity contribution in [1.82, 2.24) is 5.43 Å². The van der Waals surface area contributed by atoms with Gasteiger partial charge in [-0.2, -0.15) is 0 Å². The Morgan fingerprint density at radius 2 is 2.33 bits per heavy atom. The molecule has 1 aromatic rings. The van der Waals surface area contributed by atoms with Gasteiger partial charge in [0.25, 0.3) is 0 Å². The Kier molecular flexibility index (Phi) is 3.90. The van der Waals surface area contributed by atoms with E-state index in [1.54, 1.807) is 0 Å². The normalized spacial score (nSPS) is 14.7. The highest BCUT2D eigenvalue weighted by molar-refractivity contribution is 6.32. The second-order valence-corrected chi connectivity index (χ2v) is 4.15. The Labute approximate surface area is 109 Å². The number of rotatable bonds is 3. The van der Waals surface area contributed by atoms with Crippen LogP contribution < -0.4 is 15.2 Å². The summed E-state index contributed by atoms with van der Waals surface area (Å²) in [4.78, 5) is 0. The molecule has 0 atom stereocenters. The van der Waals surface area contributed by atoms with Crippen LogP contribution in [0.2, 0.25) is 5.02 Å². The van der Waals surface area contributed by atoms with Crippen molar-refractivity contribution < 1.29 is 13.5 Å².